The molecule has 0 saturated heterocycles. The molecule has 2 aromatic carbocycles. The summed E-state index contributed by atoms with van der Waals surface area (Å²) in [5, 5.41) is 9.72. The number of aromatic nitrogens is 4. The average Bonchev–Trinajstić information content (AvgIpc) is 3.40. The van der Waals surface area contributed by atoms with E-state index in [9.17, 15) is 9.90 Å². The first kappa shape index (κ1) is 26.4. The molecule has 0 aliphatic carbocycles. The number of aliphatic hydroxyl groups excluding tert-OH is 1. The van der Waals surface area contributed by atoms with Gasteiger partial charge in [-0.25, -0.2) is 9.97 Å². The van der Waals surface area contributed by atoms with Crippen LogP contribution in [0.2, 0.25) is 0 Å². The summed E-state index contributed by atoms with van der Waals surface area (Å²) in [6, 6.07) is 11.3. The molecule has 0 spiro atoms. The number of imidazole rings is 1. The molecule has 36 heavy (non-hydrogen) atoms. The Labute approximate surface area is 210 Å². The van der Waals surface area contributed by atoms with Crippen molar-refractivity contribution in [2.24, 2.45) is 0 Å². The fraction of sp³-hybridized carbons (Fsp3) is 0.308. The molecule has 0 aliphatic rings. The van der Waals surface area contributed by atoms with Gasteiger partial charge >= 0.3 is 5.97 Å². The number of rotatable bonds is 9. The number of hydrogen-bond acceptors (Lipinski definition) is 9. The van der Waals surface area contributed by atoms with Gasteiger partial charge in [0.1, 0.15) is 24.4 Å². The lowest BCUT2D eigenvalue weighted by Gasteiger charge is -2.25. The zero-order valence-electron chi connectivity index (χ0n) is 21.1. The zero-order valence-corrected chi connectivity index (χ0v) is 21.1. The maximum Gasteiger partial charge on any atom is 0.303 e. The van der Waals surface area contributed by atoms with Crippen molar-refractivity contribution < 1.29 is 24.1 Å². The third kappa shape index (κ3) is 6.28. The lowest BCUT2D eigenvalue weighted by atomic mass is 10.2. The van der Waals surface area contributed by atoms with Crippen molar-refractivity contribution in [1.82, 2.24) is 19.5 Å². The zero-order chi connectivity index (χ0) is 26.1. The van der Waals surface area contributed by atoms with Crippen molar-refractivity contribution in [3.8, 4) is 17.3 Å². The summed E-state index contributed by atoms with van der Waals surface area (Å²) in [6.45, 7) is 5.75. The number of fused-ring (bicyclic) bond motifs is 1. The number of carbonyl (C=O) groups excluding carboxylic acids is 1. The molecule has 0 aliphatic heterocycles. The summed E-state index contributed by atoms with van der Waals surface area (Å²) >= 11 is 0. The predicted molar refractivity (Wildman–Crippen MR) is 137 cm³/mol. The van der Waals surface area contributed by atoms with Gasteiger partial charge in [-0.1, -0.05) is 13.8 Å². The third-order valence-electron chi connectivity index (χ3n) is 5.12. The summed E-state index contributed by atoms with van der Waals surface area (Å²) in [5.74, 6) is 1.49. The fourth-order valence-corrected chi connectivity index (χ4v) is 3.48. The van der Waals surface area contributed by atoms with E-state index in [4.69, 9.17) is 19.2 Å². The van der Waals surface area contributed by atoms with Crippen LogP contribution >= 0.6 is 0 Å². The van der Waals surface area contributed by atoms with Crippen LogP contribution in [-0.2, 0) is 16.1 Å². The van der Waals surface area contributed by atoms with Crippen molar-refractivity contribution in [2.75, 3.05) is 32.3 Å². The van der Waals surface area contributed by atoms with Crippen LogP contribution in [-0.4, -0.2) is 58.0 Å². The number of esters is 1. The molecule has 10 heteroatoms. The van der Waals surface area contributed by atoms with E-state index in [2.05, 4.69) is 9.97 Å². The van der Waals surface area contributed by atoms with Crippen molar-refractivity contribution in [2.45, 2.75) is 27.4 Å². The lowest BCUT2D eigenvalue weighted by molar-refractivity contribution is -0.142. The van der Waals surface area contributed by atoms with Crippen LogP contribution in [0.4, 0.5) is 11.4 Å². The van der Waals surface area contributed by atoms with Crippen LogP contribution in [0, 0.1) is 0 Å². The minimum atomic E-state index is -0.367. The second kappa shape index (κ2) is 12.5. The predicted octanol–water partition coefficient (Wildman–Crippen LogP) is 4.05. The number of ether oxygens (including phenoxy) is 3. The van der Waals surface area contributed by atoms with Gasteiger partial charge in [0.2, 0.25) is 0 Å². The Kier molecular flexibility index (Phi) is 9.18. The van der Waals surface area contributed by atoms with E-state index in [0.717, 1.165) is 16.9 Å². The molecular weight excluding hydrogens is 462 g/mol. The van der Waals surface area contributed by atoms with E-state index >= 15 is 0 Å². The molecule has 0 amide bonds. The van der Waals surface area contributed by atoms with Crippen LogP contribution in [0.15, 0.2) is 55.1 Å². The minimum Gasteiger partial charge on any atom is -0.497 e. The van der Waals surface area contributed by atoms with E-state index in [0.29, 0.717) is 35.1 Å². The monoisotopic (exact) mass is 493 g/mol. The van der Waals surface area contributed by atoms with E-state index in [1.54, 1.807) is 43.6 Å². The fourth-order valence-electron chi connectivity index (χ4n) is 3.48. The first-order chi connectivity index (χ1) is 17.5. The minimum absolute atomic E-state index is 0.0522. The first-order valence-corrected chi connectivity index (χ1v) is 11.6. The van der Waals surface area contributed by atoms with Gasteiger partial charge in [0.25, 0.3) is 0 Å². The molecule has 2 heterocycles. The highest BCUT2D eigenvalue weighted by molar-refractivity contribution is 5.81. The first-order valence-electron chi connectivity index (χ1n) is 11.6. The number of aliphatic hydroxyl groups is 1. The van der Waals surface area contributed by atoms with Crippen LogP contribution in [0.25, 0.3) is 16.9 Å². The van der Waals surface area contributed by atoms with Crippen molar-refractivity contribution >= 4 is 28.4 Å². The van der Waals surface area contributed by atoms with Crippen molar-refractivity contribution in [3.63, 3.8) is 0 Å². The van der Waals surface area contributed by atoms with Gasteiger partial charge in [0.05, 0.1) is 43.8 Å². The molecule has 0 bridgehead atoms. The SMILES string of the molecule is CC.COc1cc(OC)cc(N(CCO)c2ccc3ncc(-n4cnc(COC(C)=O)c4)nc3c2)c1. The average molecular weight is 494 g/mol. The number of benzene rings is 2. The lowest BCUT2D eigenvalue weighted by Crippen LogP contribution is -2.21. The number of hydrogen-bond donors (Lipinski definition) is 1. The molecule has 2 aromatic heterocycles. The van der Waals surface area contributed by atoms with Crippen molar-refractivity contribution in [3.05, 3.63) is 60.8 Å². The molecule has 4 rings (SSSR count). The standard InChI is InChI=1S/C24H25N5O5.C2H6/c1-16(31)34-14-17-13-28(15-26-17)24-12-25-22-5-4-18(10-23(22)27-24)29(6-7-30)19-8-20(32-2)11-21(9-19)33-3;1-2/h4-5,8-13,15,30H,6-7,14H2,1-3H3;1-2H3. The van der Waals surface area contributed by atoms with Gasteiger partial charge in [-0.3, -0.25) is 14.3 Å². The molecule has 0 saturated carbocycles. The van der Waals surface area contributed by atoms with E-state index in [1.807, 2.05) is 49.1 Å². The van der Waals surface area contributed by atoms with Gasteiger partial charge in [0.15, 0.2) is 5.82 Å². The molecule has 4 aromatic rings. The molecule has 0 fully saturated rings. The van der Waals surface area contributed by atoms with Crippen LogP contribution in [0.3, 0.4) is 0 Å². The highest BCUT2D eigenvalue weighted by Gasteiger charge is 2.14. The summed E-state index contributed by atoms with van der Waals surface area (Å²) in [4.78, 5) is 26.5. The highest BCUT2D eigenvalue weighted by atomic mass is 16.5. The molecule has 10 nitrogen and oxygen atoms in total. The summed E-state index contributed by atoms with van der Waals surface area (Å²) in [7, 11) is 3.19. The number of nitrogens with zero attached hydrogens (tertiary/aromatic N) is 5. The Morgan fingerprint density at radius 3 is 2.36 bits per heavy atom. The second-order valence-corrected chi connectivity index (χ2v) is 7.40. The third-order valence-corrected chi connectivity index (χ3v) is 5.12. The molecule has 0 radical (unpaired) electrons. The molecular formula is C26H31N5O5. The largest absolute Gasteiger partial charge is 0.497 e. The normalized spacial score (nSPS) is 10.4. The van der Waals surface area contributed by atoms with Gasteiger partial charge in [-0.15, -0.1) is 0 Å². The molecule has 190 valence electrons. The Morgan fingerprint density at radius 1 is 1.00 bits per heavy atom. The molecule has 0 atom stereocenters. The smallest absolute Gasteiger partial charge is 0.303 e. The Bertz CT molecular complexity index is 1280. The van der Waals surface area contributed by atoms with Crippen LogP contribution in [0.1, 0.15) is 26.5 Å². The molecule has 1 N–H and O–H groups in total. The number of carbonyl (C=O) groups is 1. The van der Waals surface area contributed by atoms with E-state index in [1.165, 1.54) is 6.92 Å². The number of methoxy groups -OCH3 is 2. The van der Waals surface area contributed by atoms with Gasteiger partial charge in [0, 0.05) is 49.2 Å². The van der Waals surface area contributed by atoms with Crippen molar-refractivity contribution in [1.29, 1.82) is 0 Å². The Morgan fingerprint density at radius 2 is 1.72 bits per heavy atom. The summed E-state index contributed by atoms with van der Waals surface area (Å²) in [5.41, 5.74) is 3.62. The maximum atomic E-state index is 11.0. The second-order valence-electron chi connectivity index (χ2n) is 7.40. The van der Waals surface area contributed by atoms with Gasteiger partial charge in [-0.05, 0) is 18.2 Å². The molecule has 0 unspecified atom stereocenters. The summed E-state index contributed by atoms with van der Waals surface area (Å²) in [6.07, 6.45) is 4.99. The van der Waals surface area contributed by atoms with Gasteiger partial charge in [-0.2, -0.15) is 0 Å². The number of anilines is 2. The van der Waals surface area contributed by atoms with Gasteiger partial charge < -0.3 is 24.2 Å². The van der Waals surface area contributed by atoms with Crippen LogP contribution in [0.5, 0.6) is 11.5 Å². The van der Waals surface area contributed by atoms with Crippen LogP contribution < -0.4 is 14.4 Å². The maximum absolute atomic E-state index is 11.0. The van der Waals surface area contributed by atoms with E-state index in [-0.39, 0.29) is 19.2 Å². The van der Waals surface area contributed by atoms with E-state index < -0.39 is 0 Å². The summed E-state index contributed by atoms with van der Waals surface area (Å²) < 4.78 is 17.5. The highest BCUT2D eigenvalue weighted by Crippen LogP contribution is 2.33. The Hall–Kier alpha value is -4.18. The Balaban J connectivity index is 0.00000176. The quantitative estimate of drug-likeness (QED) is 0.345. The topological polar surface area (TPSA) is 112 Å².